The van der Waals surface area contributed by atoms with Gasteiger partial charge in [0, 0.05) is 11.1 Å². The van der Waals surface area contributed by atoms with E-state index in [9.17, 15) is 0 Å². The van der Waals surface area contributed by atoms with Crippen molar-refractivity contribution in [3.8, 4) is 0 Å². The molecule has 1 fully saturated rings. The summed E-state index contributed by atoms with van der Waals surface area (Å²) in [5, 5.41) is 3.44. The molecular weight excluding hydrogens is 256 g/mol. The highest BCUT2D eigenvalue weighted by molar-refractivity contribution is 9.10. The van der Waals surface area contributed by atoms with Crippen LogP contribution in [0.3, 0.4) is 0 Å². The van der Waals surface area contributed by atoms with Crippen molar-refractivity contribution < 1.29 is 4.74 Å². The van der Waals surface area contributed by atoms with Crippen LogP contribution in [-0.2, 0) is 4.74 Å². The summed E-state index contributed by atoms with van der Waals surface area (Å²) in [6.45, 7) is 3.71. The molecule has 0 saturated carbocycles. The summed E-state index contributed by atoms with van der Waals surface area (Å²) in [6, 6.07) is 5.88. The van der Waals surface area contributed by atoms with Gasteiger partial charge in [0.25, 0.3) is 0 Å². The highest BCUT2D eigenvalue weighted by atomic mass is 79.9. The van der Waals surface area contributed by atoms with E-state index in [1.54, 1.807) is 0 Å². The Morgan fingerprint density at radius 2 is 2.33 bits per heavy atom. The number of nitrogens with one attached hydrogen (secondary N) is 1. The quantitative estimate of drug-likeness (QED) is 0.813. The number of halogens is 1. The molecule has 1 saturated heterocycles. The van der Waals surface area contributed by atoms with Gasteiger partial charge in [0.2, 0.25) is 0 Å². The maximum atomic E-state index is 5.93. The molecule has 82 valence electrons. The lowest BCUT2D eigenvalue weighted by atomic mass is 10.0. The van der Waals surface area contributed by atoms with Crippen LogP contribution in [0.1, 0.15) is 13.3 Å². The normalized spacial score (nSPS) is 25.5. The van der Waals surface area contributed by atoms with E-state index < -0.39 is 0 Å². The summed E-state index contributed by atoms with van der Waals surface area (Å²) in [7, 11) is 0. The molecule has 1 aromatic rings. The van der Waals surface area contributed by atoms with Crippen molar-refractivity contribution in [3.63, 3.8) is 0 Å². The van der Waals surface area contributed by atoms with Crippen LogP contribution in [0.25, 0.3) is 0 Å². The molecule has 1 heterocycles. The Morgan fingerprint density at radius 3 is 2.93 bits per heavy atom. The predicted molar refractivity (Wildman–Crippen MR) is 66.0 cm³/mol. The van der Waals surface area contributed by atoms with E-state index >= 15 is 0 Å². The summed E-state index contributed by atoms with van der Waals surface area (Å²) < 4.78 is 6.38. The molecule has 0 radical (unpaired) electrons. The lowest BCUT2D eigenvalue weighted by Crippen LogP contribution is -2.35. The average molecular weight is 271 g/mol. The zero-order chi connectivity index (χ0) is 10.9. The molecule has 1 unspecified atom stereocenters. The Bertz CT molecular complexity index is 362. The second-order valence-electron chi connectivity index (χ2n) is 4.22. The van der Waals surface area contributed by atoms with Crippen molar-refractivity contribution in [3.05, 3.63) is 22.7 Å². The van der Waals surface area contributed by atoms with Crippen molar-refractivity contribution in [2.24, 2.45) is 0 Å². The molecule has 0 amide bonds. The summed E-state index contributed by atoms with van der Waals surface area (Å²) in [6.07, 6.45) is 1.02. The van der Waals surface area contributed by atoms with E-state index in [0.29, 0.717) is 0 Å². The van der Waals surface area contributed by atoms with Crippen LogP contribution >= 0.6 is 15.9 Å². The Hall–Kier alpha value is -0.740. The first-order valence-electron chi connectivity index (χ1n) is 5.00. The zero-order valence-corrected chi connectivity index (χ0v) is 10.3. The van der Waals surface area contributed by atoms with Crippen molar-refractivity contribution in [1.29, 1.82) is 0 Å². The Morgan fingerprint density at radius 1 is 1.53 bits per heavy atom. The number of benzene rings is 1. The minimum atomic E-state index is 0.0158. The first-order valence-corrected chi connectivity index (χ1v) is 5.79. The van der Waals surface area contributed by atoms with Crippen LogP contribution in [0, 0.1) is 0 Å². The minimum Gasteiger partial charge on any atom is -0.397 e. The molecule has 15 heavy (non-hydrogen) atoms. The fourth-order valence-electron chi connectivity index (χ4n) is 1.74. The lowest BCUT2D eigenvalue weighted by molar-refractivity contribution is 0.185. The average Bonchev–Trinajstić information content (AvgIpc) is 2.58. The molecule has 1 aliphatic rings. The largest absolute Gasteiger partial charge is 0.397 e. The van der Waals surface area contributed by atoms with E-state index in [2.05, 4.69) is 28.2 Å². The summed E-state index contributed by atoms with van der Waals surface area (Å²) in [4.78, 5) is 0. The van der Waals surface area contributed by atoms with E-state index in [4.69, 9.17) is 10.5 Å². The van der Waals surface area contributed by atoms with E-state index in [0.717, 1.165) is 35.5 Å². The third-order valence-corrected chi connectivity index (χ3v) is 3.16. The van der Waals surface area contributed by atoms with Gasteiger partial charge in [-0.25, -0.2) is 0 Å². The van der Waals surface area contributed by atoms with Crippen LogP contribution in [0.15, 0.2) is 22.7 Å². The molecule has 1 atom stereocenters. The number of ether oxygens (including phenoxy) is 1. The topological polar surface area (TPSA) is 47.3 Å². The molecule has 1 aromatic carbocycles. The molecule has 1 aliphatic heterocycles. The summed E-state index contributed by atoms with van der Waals surface area (Å²) in [5.41, 5.74) is 7.68. The van der Waals surface area contributed by atoms with Crippen LogP contribution < -0.4 is 11.1 Å². The molecule has 2 rings (SSSR count). The number of anilines is 2. The monoisotopic (exact) mass is 270 g/mol. The molecule has 3 N–H and O–H groups in total. The standard InChI is InChI=1S/C11H15BrN2O/c1-11(4-5-15-7-11)14-10-3-2-8(12)6-9(10)13/h2-3,6,14H,4-5,7,13H2,1H3. The van der Waals surface area contributed by atoms with Gasteiger partial charge in [-0.15, -0.1) is 0 Å². The van der Waals surface area contributed by atoms with Gasteiger partial charge < -0.3 is 15.8 Å². The van der Waals surface area contributed by atoms with Crippen LogP contribution in [0.4, 0.5) is 11.4 Å². The highest BCUT2D eigenvalue weighted by Crippen LogP contribution is 2.29. The van der Waals surface area contributed by atoms with Gasteiger partial charge in [0.05, 0.1) is 23.5 Å². The lowest BCUT2D eigenvalue weighted by Gasteiger charge is -2.25. The van der Waals surface area contributed by atoms with Gasteiger partial charge in [-0.1, -0.05) is 15.9 Å². The van der Waals surface area contributed by atoms with Crippen molar-refractivity contribution >= 4 is 27.3 Å². The maximum absolute atomic E-state index is 5.93. The molecule has 0 aromatic heterocycles. The van der Waals surface area contributed by atoms with Gasteiger partial charge in [0.1, 0.15) is 0 Å². The van der Waals surface area contributed by atoms with Crippen LogP contribution in [-0.4, -0.2) is 18.8 Å². The van der Waals surface area contributed by atoms with E-state index in [1.165, 1.54) is 0 Å². The van der Waals surface area contributed by atoms with Gasteiger partial charge in [0.15, 0.2) is 0 Å². The van der Waals surface area contributed by atoms with Crippen LogP contribution in [0.2, 0.25) is 0 Å². The van der Waals surface area contributed by atoms with Gasteiger partial charge >= 0.3 is 0 Å². The van der Waals surface area contributed by atoms with Crippen molar-refractivity contribution in [1.82, 2.24) is 0 Å². The fourth-order valence-corrected chi connectivity index (χ4v) is 2.12. The molecule has 0 bridgehead atoms. The number of nitrogen functional groups attached to an aromatic ring is 1. The van der Waals surface area contributed by atoms with E-state index in [-0.39, 0.29) is 5.54 Å². The number of hydrogen-bond acceptors (Lipinski definition) is 3. The van der Waals surface area contributed by atoms with Gasteiger partial charge in [-0.3, -0.25) is 0 Å². The highest BCUT2D eigenvalue weighted by Gasteiger charge is 2.29. The fraction of sp³-hybridized carbons (Fsp3) is 0.455. The molecular formula is C11H15BrN2O. The van der Waals surface area contributed by atoms with Gasteiger partial charge in [-0.05, 0) is 31.5 Å². The zero-order valence-electron chi connectivity index (χ0n) is 8.72. The number of nitrogens with two attached hydrogens (primary N) is 1. The number of hydrogen-bond donors (Lipinski definition) is 2. The third-order valence-electron chi connectivity index (χ3n) is 2.67. The SMILES string of the molecule is CC1(Nc2ccc(Br)cc2N)CCOC1. The third kappa shape index (κ3) is 2.44. The molecule has 0 spiro atoms. The molecule has 3 nitrogen and oxygen atoms in total. The second kappa shape index (κ2) is 4.02. The van der Waals surface area contributed by atoms with Gasteiger partial charge in [-0.2, -0.15) is 0 Å². The first kappa shape index (κ1) is 10.8. The number of rotatable bonds is 2. The first-order chi connectivity index (χ1) is 7.09. The van der Waals surface area contributed by atoms with E-state index in [1.807, 2.05) is 18.2 Å². The maximum Gasteiger partial charge on any atom is 0.0694 e. The Labute approximate surface area is 98.1 Å². The molecule has 0 aliphatic carbocycles. The predicted octanol–water partition coefficient (Wildman–Crippen LogP) is 2.62. The summed E-state index contributed by atoms with van der Waals surface area (Å²) >= 11 is 3.39. The molecule has 4 heteroatoms. The minimum absolute atomic E-state index is 0.0158. The van der Waals surface area contributed by atoms with Crippen LogP contribution in [0.5, 0.6) is 0 Å². The smallest absolute Gasteiger partial charge is 0.0694 e. The Balaban J connectivity index is 2.16. The Kier molecular flexibility index (Phi) is 2.89. The summed E-state index contributed by atoms with van der Waals surface area (Å²) in [5.74, 6) is 0. The van der Waals surface area contributed by atoms with Crippen molar-refractivity contribution in [2.45, 2.75) is 18.9 Å². The van der Waals surface area contributed by atoms with Crippen molar-refractivity contribution in [2.75, 3.05) is 24.3 Å². The second-order valence-corrected chi connectivity index (χ2v) is 5.14.